The number of fused-ring (bicyclic) bond motifs is 3. The van der Waals surface area contributed by atoms with E-state index in [1.165, 1.54) is 14.0 Å². The van der Waals surface area contributed by atoms with Crippen LogP contribution < -0.4 is 45.1 Å². The van der Waals surface area contributed by atoms with E-state index in [2.05, 4.69) is 16.0 Å². The predicted molar refractivity (Wildman–Crippen MR) is 169 cm³/mol. The van der Waals surface area contributed by atoms with Gasteiger partial charge in [-0.2, -0.15) is 0 Å². The zero-order valence-corrected chi connectivity index (χ0v) is 25.9. The number of amides is 2. The maximum absolute atomic E-state index is 13.5. The topological polar surface area (TPSA) is 133 Å². The summed E-state index contributed by atoms with van der Waals surface area (Å²) in [6, 6.07) is 11.8. The number of methoxy groups -OCH3 is 5. The summed E-state index contributed by atoms with van der Waals surface area (Å²) in [5.74, 6) is 2.18. The largest absolute Gasteiger partial charge is 0.497 e. The van der Waals surface area contributed by atoms with Crippen LogP contribution in [0.15, 0.2) is 47.3 Å². The Morgan fingerprint density at radius 3 is 2.25 bits per heavy atom. The molecule has 0 fully saturated rings. The molecule has 3 N–H and O–H groups in total. The van der Waals surface area contributed by atoms with Crippen LogP contribution in [0.2, 0.25) is 0 Å². The summed E-state index contributed by atoms with van der Waals surface area (Å²) >= 11 is 0. The lowest BCUT2D eigenvalue weighted by molar-refractivity contribution is -0.119. The van der Waals surface area contributed by atoms with Crippen LogP contribution in [0, 0.1) is 0 Å². The molecule has 0 heterocycles. The molecule has 0 radical (unpaired) electrons. The van der Waals surface area contributed by atoms with E-state index in [1.807, 2.05) is 12.1 Å². The number of hydrogen-bond donors (Lipinski definition) is 3. The van der Waals surface area contributed by atoms with Crippen molar-refractivity contribution < 1.29 is 33.3 Å². The number of benzene rings is 2. The fourth-order valence-corrected chi connectivity index (χ4v) is 5.45. The summed E-state index contributed by atoms with van der Waals surface area (Å²) in [5.41, 5.74) is 3.78. The van der Waals surface area contributed by atoms with Gasteiger partial charge >= 0.3 is 0 Å². The normalized spacial score (nSPS) is 13.4. The van der Waals surface area contributed by atoms with Crippen LogP contribution in [0.5, 0.6) is 28.7 Å². The van der Waals surface area contributed by atoms with Gasteiger partial charge in [-0.3, -0.25) is 14.4 Å². The molecule has 11 heteroatoms. The van der Waals surface area contributed by atoms with E-state index < -0.39 is 6.04 Å². The van der Waals surface area contributed by atoms with Crippen molar-refractivity contribution in [1.29, 1.82) is 0 Å². The second kappa shape index (κ2) is 14.5. The van der Waals surface area contributed by atoms with Gasteiger partial charge < -0.3 is 39.6 Å². The summed E-state index contributed by atoms with van der Waals surface area (Å²) in [7, 11) is 7.74. The van der Waals surface area contributed by atoms with E-state index in [1.54, 1.807) is 58.8 Å². The molecule has 3 aromatic carbocycles. The molecule has 4 rings (SSSR count). The first kappa shape index (κ1) is 32.0. The highest BCUT2D eigenvalue weighted by Gasteiger charge is 2.29. The zero-order chi connectivity index (χ0) is 31.8. The van der Waals surface area contributed by atoms with Gasteiger partial charge in [0.15, 0.2) is 11.5 Å². The fourth-order valence-electron chi connectivity index (χ4n) is 5.45. The number of anilines is 2. The van der Waals surface area contributed by atoms with Crippen LogP contribution in [-0.4, -0.2) is 53.9 Å². The first-order chi connectivity index (χ1) is 21.2. The van der Waals surface area contributed by atoms with Gasteiger partial charge in [0.2, 0.25) is 23.0 Å². The molecular weight excluding hydrogens is 566 g/mol. The Morgan fingerprint density at radius 1 is 0.841 bits per heavy atom. The second-order valence-corrected chi connectivity index (χ2v) is 10.2. The Labute approximate surface area is 256 Å². The fraction of sp³-hybridized carbons (Fsp3) is 0.364. The number of hydrogen-bond acceptors (Lipinski definition) is 9. The highest BCUT2D eigenvalue weighted by Crippen LogP contribution is 2.50. The third kappa shape index (κ3) is 6.99. The van der Waals surface area contributed by atoms with Crippen molar-refractivity contribution in [2.75, 3.05) is 52.7 Å². The van der Waals surface area contributed by atoms with Gasteiger partial charge in [0.25, 0.3) is 0 Å². The number of nitrogens with one attached hydrogen (secondary N) is 3. The lowest BCUT2D eigenvalue weighted by Gasteiger charge is -2.19. The third-order valence-electron chi connectivity index (χ3n) is 7.49. The van der Waals surface area contributed by atoms with Crippen molar-refractivity contribution >= 4 is 23.2 Å². The average Bonchev–Trinajstić information content (AvgIpc) is 3.26. The lowest BCUT2D eigenvalue weighted by atomic mass is 9.95. The maximum Gasteiger partial charge on any atom is 0.224 e. The van der Waals surface area contributed by atoms with Gasteiger partial charge in [-0.15, -0.1) is 0 Å². The predicted octanol–water partition coefficient (Wildman–Crippen LogP) is 4.71. The highest BCUT2D eigenvalue weighted by atomic mass is 16.5. The number of ether oxygens (including phenoxy) is 5. The van der Waals surface area contributed by atoms with E-state index in [4.69, 9.17) is 23.7 Å². The van der Waals surface area contributed by atoms with E-state index >= 15 is 0 Å². The smallest absolute Gasteiger partial charge is 0.224 e. The SMILES string of the molecule is COc1ccc(OC)c(NC(=O)CCCNc2ccc3c(cc2=O)C(NC(C)=O)CCc2cc(OC)c(OC)c(OC)c2-3)c1. The Balaban J connectivity index is 1.60. The first-order valence-electron chi connectivity index (χ1n) is 14.3. The molecule has 1 atom stereocenters. The van der Waals surface area contributed by atoms with Crippen molar-refractivity contribution in [3.63, 3.8) is 0 Å². The van der Waals surface area contributed by atoms with Crippen molar-refractivity contribution in [2.45, 2.75) is 38.6 Å². The summed E-state index contributed by atoms with van der Waals surface area (Å²) in [6.07, 6.45) is 1.86. The lowest BCUT2D eigenvalue weighted by Crippen LogP contribution is -2.26. The monoisotopic (exact) mass is 605 g/mol. The van der Waals surface area contributed by atoms with Crippen molar-refractivity contribution in [3.8, 4) is 39.9 Å². The molecule has 0 spiro atoms. The van der Waals surface area contributed by atoms with Crippen LogP contribution in [-0.2, 0) is 16.0 Å². The van der Waals surface area contributed by atoms with Gasteiger partial charge in [-0.1, -0.05) is 6.07 Å². The third-order valence-corrected chi connectivity index (χ3v) is 7.49. The first-order valence-corrected chi connectivity index (χ1v) is 14.3. The van der Waals surface area contributed by atoms with Crippen molar-refractivity contribution in [1.82, 2.24) is 5.32 Å². The van der Waals surface area contributed by atoms with Gasteiger partial charge in [0.05, 0.1) is 53.0 Å². The molecular formula is C33H39N3O8. The Morgan fingerprint density at radius 2 is 1.59 bits per heavy atom. The van der Waals surface area contributed by atoms with Crippen molar-refractivity contribution in [2.24, 2.45) is 0 Å². The Hall–Kier alpha value is -4.93. The molecule has 44 heavy (non-hydrogen) atoms. The molecule has 0 saturated carbocycles. The van der Waals surface area contributed by atoms with E-state index in [9.17, 15) is 14.4 Å². The molecule has 1 aliphatic rings. The van der Waals surface area contributed by atoms with Crippen molar-refractivity contribution in [3.05, 3.63) is 63.8 Å². The van der Waals surface area contributed by atoms with E-state index in [-0.39, 0.29) is 23.7 Å². The molecule has 0 aliphatic heterocycles. The molecule has 2 amide bonds. The van der Waals surface area contributed by atoms with E-state index in [0.29, 0.717) is 71.5 Å². The van der Waals surface area contributed by atoms with Crippen LogP contribution in [0.4, 0.5) is 11.4 Å². The second-order valence-electron chi connectivity index (χ2n) is 10.2. The quantitative estimate of drug-likeness (QED) is 0.251. The summed E-state index contributed by atoms with van der Waals surface area (Å²) in [4.78, 5) is 38.3. The highest BCUT2D eigenvalue weighted by molar-refractivity contribution is 5.92. The van der Waals surface area contributed by atoms with Gasteiger partial charge in [-0.05, 0) is 66.3 Å². The van der Waals surface area contributed by atoms with Gasteiger partial charge in [0, 0.05) is 31.5 Å². The molecule has 0 bridgehead atoms. The van der Waals surface area contributed by atoms with Crippen LogP contribution in [0.3, 0.4) is 0 Å². The van der Waals surface area contributed by atoms with Crippen LogP contribution in [0.25, 0.3) is 11.1 Å². The minimum Gasteiger partial charge on any atom is -0.497 e. The van der Waals surface area contributed by atoms with E-state index in [0.717, 1.165) is 16.7 Å². The molecule has 0 saturated heterocycles. The van der Waals surface area contributed by atoms with Gasteiger partial charge in [-0.25, -0.2) is 0 Å². The molecule has 234 valence electrons. The van der Waals surface area contributed by atoms with Gasteiger partial charge in [0.1, 0.15) is 11.5 Å². The maximum atomic E-state index is 13.5. The minimum absolute atomic E-state index is 0.197. The summed E-state index contributed by atoms with van der Waals surface area (Å²) in [6.45, 7) is 1.84. The Kier molecular flexibility index (Phi) is 10.5. The standard InChI is InChI=1S/C33H39N3O8/c1-19(37)35-24-12-9-20-16-29(42-4)32(43-5)33(44-6)31(20)22-11-13-25(27(38)18-23(22)24)34-15-7-8-30(39)36-26-17-21(40-2)10-14-28(26)41-3/h10-11,13-14,16-18,24H,7-9,12,15H2,1-6H3,(H,34,38)(H,35,37)(H,36,39). The number of aryl methyl sites for hydroxylation is 1. The Bertz CT molecular complexity index is 1590. The van der Waals surface area contributed by atoms with Crippen LogP contribution >= 0.6 is 0 Å². The number of carbonyl (C=O) groups excluding carboxylic acids is 2. The summed E-state index contributed by atoms with van der Waals surface area (Å²) in [5, 5.41) is 9.04. The minimum atomic E-state index is -0.401. The van der Waals surface area contributed by atoms with Crippen LogP contribution in [0.1, 0.15) is 43.4 Å². The number of rotatable bonds is 12. The molecule has 0 aromatic heterocycles. The summed E-state index contributed by atoms with van der Waals surface area (Å²) < 4.78 is 27.6. The molecule has 1 unspecified atom stereocenters. The average molecular weight is 606 g/mol. The molecule has 11 nitrogen and oxygen atoms in total. The number of carbonyl (C=O) groups is 2. The molecule has 3 aromatic rings. The zero-order valence-electron chi connectivity index (χ0n) is 25.9. The molecule has 1 aliphatic carbocycles.